The Bertz CT molecular complexity index is 1590. The Kier molecular flexibility index (Phi) is 5.45. The average Bonchev–Trinajstić information content (AvgIpc) is 2.83. The zero-order valence-electron chi connectivity index (χ0n) is 20.6. The third kappa shape index (κ3) is 3.75. The van der Waals surface area contributed by atoms with Gasteiger partial charge in [-0.2, -0.15) is 0 Å². The van der Waals surface area contributed by atoms with E-state index in [9.17, 15) is 0 Å². The summed E-state index contributed by atoms with van der Waals surface area (Å²) in [4.78, 5) is 18.1. The largest absolute Gasteiger partial charge is 0.254 e. The number of hydrogen-bond donors (Lipinski definition) is 0. The molecule has 0 aliphatic heterocycles. The van der Waals surface area contributed by atoms with Crippen molar-refractivity contribution < 1.29 is 0 Å². The third-order valence-electron chi connectivity index (χ3n) is 6.69. The molecular formula is C30H28N4. The van der Waals surface area contributed by atoms with Crippen molar-refractivity contribution >= 4 is 43.6 Å². The Balaban J connectivity index is 0.000000142. The highest BCUT2D eigenvalue weighted by Crippen LogP contribution is 2.28. The minimum atomic E-state index is 0.989. The maximum absolute atomic E-state index is 4.58. The molecule has 0 saturated heterocycles. The molecule has 4 aromatic heterocycles. The van der Waals surface area contributed by atoms with E-state index in [0.29, 0.717) is 0 Å². The topological polar surface area (TPSA) is 51.6 Å². The van der Waals surface area contributed by atoms with Gasteiger partial charge in [0, 0.05) is 46.3 Å². The first-order valence-electron chi connectivity index (χ1n) is 11.6. The van der Waals surface area contributed by atoms with Gasteiger partial charge in [0.2, 0.25) is 0 Å². The van der Waals surface area contributed by atoms with Crippen molar-refractivity contribution in [3.8, 4) is 0 Å². The zero-order valence-corrected chi connectivity index (χ0v) is 20.6. The molecule has 6 rings (SSSR count). The van der Waals surface area contributed by atoms with E-state index in [-0.39, 0.29) is 0 Å². The van der Waals surface area contributed by atoms with Crippen LogP contribution in [0.5, 0.6) is 0 Å². The van der Waals surface area contributed by atoms with E-state index in [0.717, 1.165) is 32.8 Å². The summed E-state index contributed by atoms with van der Waals surface area (Å²) in [7, 11) is 0. The van der Waals surface area contributed by atoms with E-state index in [4.69, 9.17) is 0 Å². The summed E-state index contributed by atoms with van der Waals surface area (Å²) in [6.45, 7) is 12.6. The summed E-state index contributed by atoms with van der Waals surface area (Å²) < 4.78 is 0. The maximum atomic E-state index is 4.58. The van der Waals surface area contributed by atoms with Crippen molar-refractivity contribution in [1.29, 1.82) is 0 Å². The molecular weight excluding hydrogens is 416 g/mol. The van der Waals surface area contributed by atoms with Gasteiger partial charge in [-0.25, -0.2) is 0 Å². The summed E-state index contributed by atoms with van der Waals surface area (Å²) >= 11 is 0. The van der Waals surface area contributed by atoms with Crippen LogP contribution in [0.2, 0.25) is 0 Å². The molecule has 2 aromatic carbocycles. The Morgan fingerprint density at radius 3 is 1.24 bits per heavy atom. The van der Waals surface area contributed by atoms with Crippen LogP contribution in [0.4, 0.5) is 0 Å². The second kappa shape index (κ2) is 8.45. The van der Waals surface area contributed by atoms with Crippen LogP contribution >= 0.6 is 0 Å². The molecule has 0 radical (unpaired) electrons. The molecule has 0 saturated carbocycles. The number of aromatic nitrogens is 4. The molecule has 0 aliphatic carbocycles. The summed E-state index contributed by atoms with van der Waals surface area (Å²) in [6.07, 6.45) is 7.66. The maximum Gasteiger partial charge on any atom is 0.0967 e. The first kappa shape index (κ1) is 21.9. The normalized spacial score (nSPS) is 11.2. The zero-order chi connectivity index (χ0) is 24.0. The van der Waals surface area contributed by atoms with Gasteiger partial charge >= 0.3 is 0 Å². The Morgan fingerprint density at radius 1 is 0.441 bits per heavy atom. The highest BCUT2D eigenvalue weighted by Gasteiger charge is 2.09. The third-order valence-corrected chi connectivity index (χ3v) is 6.69. The second-order valence-electron chi connectivity index (χ2n) is 9.22. The van der Waals surface area contributed by atoms with Gasteiger partial charge in [-0.15, -0.1) is 0 Å². The lowest BCUT2D eigenvalue weighted by Gasteiger charge is -2.10. The van der Waals surface area contributed by atoms with Crippen molar-refractivity contribution in [3.05, 3.63) is 94.6 Å². The minimum Gasteiger partial charge on any atom is -0.254 e. The minimum absolute atomic E-state index is 0.989. The fourth-order valence-electron chi connectivity index (χ4n) is 4.40. The number of pyridine rings is 4. The number of nitrogens with zero attached hydrogens (tertiary/aromatic N) is 4. The molecule has 0 fully saturated rings. The van der Waals surface area contributed by atoms with Crippen molar-refractivity contribution in [2.75, 3.05) is 0 Å². The lowest BCUT2D eigenvalue weighted by atomic mass is 10.0. The smallest absolute Gasteiger partial charge is 0.0967 e. The standard InChI is InChI=1S/C16H16N2.C14H12N2/c1-9-7-17-15-13(11(9)3)5-6-14-12(4)10(2)8-18-16(14)15;1-9-5-11-3-4-12-6-10(2)8-16-14(12)13(11)15-7-9/h5-8H,1-4H3;3-8H,1-2H3. The van der Waals surface area contributed by atoms with Gasteiger partial charge in [-0.3, -0.25) is 19.9 Å². The SMILES string of the molecule is Cc1cnc2c(ccc3c(C)c(C)cnc32)c1C.Cc1cnc2c(ccc3cc(C)cnc32)c1. The van der Waals surface area contributed by atoms with E-state index in [2.05, 4.69) is 97.9 Å². The van der Waals surface area contributed by atoms with Crippen LogP contribution in [0, 0.1) is 41.5 Å². The van der Waals surface area contributed by atoms with Gasteiger partial charge < -0.3 is 0 Å². The van der Waals surface area contributed by atoms with Crippen LogP contribution in [0.15, 0.2) is 61.2 Å². The van der Waals surface area contributed by atoms with E-state index < -0.39 is 0 Å². The summed E-state index contributed by atoms with van der Waals surface area (Å²) in [5.41, 5.74) is 11.4. The van der Waals surface area contributed by atoms with Crippen LogP contribution in [0.3, 0.4) is 0 Å². The first-order valence-corrected chi connectivity index (χ1v) is 11.6. The van der Waals surface area contributed by atoms with Crippen molar-refractivity contribution in [2.45, 2.75) is 41.5 Å². The fraction of sp³-hybridized carbons (Fsp3) is 0.200. The molecule has 4 heterocycles. The molecule has 4 heteroatoms. The lowest BCUT2D eigenvalue weighted by molar-refractivity contribution is 1.25. The molecule has 0 spiro atoms. The molecule has 168 valence electrons. The molecule has 0 bridgehead atoms. The summed E-state index contributed by atoms with van der Waals surface area (Å²) in [5, 5.41) is 4.73. The Morgan fingerprint density at radius 2 is 0.824 bits per heavy atom. The molecule has 0 atom stereocenters. The molecule has 34 heavy (non-hydrogen) atoms. The molecule has 0 unspecified atom stereocenters. The van der Waals surface area contributed by atoms with E-state index in [1.165, 1.54) is 44.2 Å². The number of aryl methyl sites for hydroxylation is 6. The second-order valence-corrected chi connectivity index (χ2v) is 9.22. The number of benzene rings is 2. The van der Waals surface area contributed by atoms with E-state index >= 15 is 0 Å². The monoisotopic (exact) mass is 444 g/mol. The molecule has 4 nitrogen and oxygen atoms in total. The predicted molar refractivity (Wildman–Crippen MR) is 143 cm³/mol. The van der Waals surface area contributed by atoms with E-state index in [1.54, 1.807) is 0 Å². The molecule has 0 amide bonds. The van der Waals surface area contributed by atoms with Crippen LogP contribution in [-0.2, 0) is 0 Å². The van der Waals surface area contributed by atoms with Crippen LogP contribution in [0.1, 0.15) is 33.4 Å². The van der Waals surface area contributed by atoms with Gasteiger partial charge in [-0.1, -0.05) is 24.3 Å². The molecule has 0 N–H and O–H groups in total. The number of fused-ring (bicyclic) bond motifs is 6. The molecule has 6 aromatic rings. The quantitative estimate of drug-likeness (QED) is 0.229. The average molecular weight is 445 g/mol. The van der Waals surface area contributed by atoms with Gasteiger partial charge in [0.05, 0.1) is 22.1 Å². The van der Waals surface area contributed by atoms with Crippen LogP contribution < -0.4 is 0 Å². The lowest BCUT2D eigenvalue weighted by Crippen LogP contribution is -1.93. The highest BCUT2D eigenvalue weighted by atomic mass is 14.7. The van der Waals surface area contributed by atoms with Gasteiger partial charge in [0.15, 0.2) is 0 Å². The summed E-state index contributed by atoms with van der Waals surface area (Å²) in [6, 6.07) is 12.8. The van der Waals surface area contributed by atoms with Crippen molar-refractivity contribution in [3.63, 3.8) is 0 Å². The molecule has 0 aliphatic rings. The van der Waals surface area contributed by atoms with Crippen LogP contribution in [0.25, 0.3) is 43.6 Å². The number of hydrogen-bond acceptors (Lipinski definition) is 4. The van der Waals surface area contributed by atoms with Crippen LogP contribution in [-0.4, -0.2) is 19.9 Å². The Hall–Kier alpha value is -3.92. The van der Waals surface area contributed by atoms with Crippen molar-refractivity contribution in [1.82, 2.24) is 19.9 Å². The fourth-order valence-corrected chi connectivity index (χ4v) is 4.40. The first-order chi connectivity index (χ1) is 16.3. The van der Waals surface area contributed by atoms with Gasteiger partial charge in [-0.05, 0) is 87.1 Å². The summed E-state index contributed by atoms with van der Waals surface area (Å²) in [5.74, 6) is 0. The van der Waals surface area contributed by atoms with E-state index in [1.807, 2.05) is 24.8 Å². The Labute approximate surface area is 199 Å². The van der Waals surface area contributed by atoms with Crippen molar-refractivity contribution in [2.24, 2.45) is 0 Å². The van der Waals surface area contributed by atoms with Gasteiger partial charge in [0.25, 0.3) is 0 Å². The highest BCUT2D eigenvalue weighted by molar-refractivity contribution is 6.05. The number of rotatable bonds is 0. The predicted octanol–water partition coefficient (Wildman–Crippen LogP) is 7.42. The van der Waals surface area contributed by atoms with Gasteiger partial charge in [0.1, 0.15) is 0 Å².